The molecule has 8 heteroatoms. The molecule has 3 aromatic carbocycles. The Kier molecular flexibility index (Phi) is 6.66. The lowest BCUT2D eigenvalue weighted by Gasteiger charge is -2.26. The molecule has 1 fully saturated rings. The average Bonchev–Trinajstić information content (AvgIpc) is 2.88. The number of benzene rings is 3. The number of rotatable bonds is 5. The highest BCUT2D eigenvalue weighted by molar-refractivity contribution is 7.98. The first kappa shape index (κ1) is 23.3. The molecule has 0 radical (unpaired) electrons. The molecule has 178 valence electrons. The van der Waals surface area contributed by atoms with E-state index >= 15 is 0 Å². The van der Waals surface area contributed by atoms with Crippen molar-refractivity contribution in [2.24, 2.45) is 0 Å². The van der Waals surface area contributed by atoms with Crippen LogP contribution in [0.15, 0.2) is 76.7 Å². The Hall–Kier alpha value is -3.49. The smallest absolute Gasteiger partial charge is 0.266 e. The van der Waals surface area contributed by atoms with Crippen molar-refractivity contribution >= 4 is 28.6 Å². The number of thioether (sulfide) groups is 1. The van der Waals surface area contributed by atoms with Gasteiger partial charge in [-0.05, 0) is 48.9 Å². The largest absolute Gasteiger partial charge is 0.378 e. The summed E-state index contributed by atoms with van der Waals surface area (Å²) in [5, 5.41) is 0.803. The molecular formula is C27H24FN3O3S. The number of carbonyl (C=O) groups is 1. The summed E-state index contributed by atoms with van der Waals surface area (Å²) in [6, 6.07) is 19.0. The van der Waals surface area contributed by atoms with Crippen LogP contribution in [-0.4, -0.2) is 46.7 Å². The summed E-state index contributed by atoms with van der Waals surface area (Å²) in [5.74, 6) is 0.0375. The van der Waals surface area contributed by atoms with Crippen LogP contribution in [0.1, 0.15) is 21.5 Å². The minimum atomic E-state index is -0.435. The van der Waals surface area contributed by atoms with E-state index in [4.69, 9.17) is 9.72 Å². The number of hydrogen-bond acceptors (Lipinski definition) is 5. The fourth-order valence-corrected chi connectivity index (χ4v) is 4.99. The molecule has 1 aliphatic heterocycles. The molecular weight excluding hydrogens is 465 g/mol. The maximum Gasteiger partial charge on any atom is 0.266 e. The summed E-state index contributed by atoms with van der Waals surface area (Å²) in [6.45, 7) is 4.11. The van der Waals surface area contributed by atoms with Crippen LogP contribution in [0.3, 0.4) is 0 Å². The second-order valence-corrected chi connectivity index (χ2v) is 9.37. The lowest BCUT2D eigenvalue weighted by molar-refractivity contribution is 0.0303. The number of morpholine rings is 1. The zero-order valence-corrected chi connectivity index (χ0v) is 20.1. The van der Waals surface area contributed by atoms with Gasteiger partial charge >= 0.3 is 0 Å². The highest BCUT2D eigenvalue weighted by Gasteiger charge is 2.20. The van der Waals surface area contributed by atoms with Crippen molar-refractivity contribution in [1.29, 1.82) is 0 Å². The van der Waals surface area contributed by atoms with Gasteiger partial charge in [0.05, 0.1) is 29.8 Å². The van der Waals surface area contributed by atoms with E-state index in [-0.39, 0.29) is 11.5 Å². The number of nitrogens with zero attached hydrogens (tertiary/aromatic N) is 3. The lowest BCUT2D eigenvalue weighted by Crippen LogP contribution is -2.40. The van der Waals surface area contributed by atoms with Crippen molar-refractivity contribution in [1.82, 2.24) is 14.5 Å². The van der Waals surface area contributed by atoms with E-state index in [0.29, 0.717) is 59.4 Å². The molecule has 0 unspecified atom stereocenters. The predicted octanol–water partition coefficient (Wildman–Crippen LogP) is 4.60. The van der Waals surface area contributed by atoms with Crippen LogP contribution in [0.2, 0.25) is 0 Å². The zero-order chi connectivity index (χ0) is 24.4. The van der Waals surface area contributed by atoms with Crippen LogP contribution in [0.25, 0.3) is 16.6 Å². The lowest BCUT2D eigenvalue weighted by atomic mass is 10.1. The monoisotopic (exact) mass is 489 g/mol. The summed E-state index contributed by atoms with van der Waals surface area (Å²) in [6.07, 6.45) is 0. The van der Waals surface area contributed by atoms with Gasteiger partial charge in [0.25, 0.3) is 11.5 Å². The molecule has 0 atom stereocenters. The standard InChI is InChI=1S/C27H24FN3O3S/c1-18-5-7-19(8-6-18)17-35-27-29-24-15-20(25(32)30-11-13-34-14-12-30)9-10-23(24)26(33)31(27)22-4-2-3-21(28)16-22/h2-10,15-16H,11-14,17H2,1H3. The molecule has 0 spiro atoms. The van der Waals surface area contributed by atoms with Crippen LogP contribution in [-0.2, 0) is 10.5 Å². The normalized spacial score (nSPS) is 13.8. The van der Waals surface area contributed by atoms with Crippen LogP contribution in [0.5, 0.6) is 0 Å². The minimum absolute atomic E-state index is 0.111. The van der Waals surface area contributed by atoms with Crippen LogP contribution in [0, 0.1) is 12.7 Å². The van der Waals surface area contributed by atoms with E-state index in [2.05, 4.69) is 0 Å². The number of halogens is 1. The molecule has 0 N–H and O–H groups in total. The number of aromatic nitrogens is 2. The van der Waals surface area contributed by atoms with Crippen LogP contribution in [0.4, 0.5) is 4.39 Å². The SMILES string of the molecule is Cc1ccc(CSc2nc3cc(C(=O)N4CCOCC4)ccc3c(=O)n2-c2cccc(F)c2)cc1. The molecule has 5 rings (SSSR count). The fraction of sp³-hybridized carbons (Fsp3) is 0.222. The van der Waals surface area contributed by atoms with Gasteiger partial charge in [0, 0.05) is 24.4 Å². The van der Waals surface area contributed by atoms with Crippen molar-refractivity contribution in [3.8, 4) is 5.69 Å². The summed E-state index contributed by atoms with van der Waals surface area (Å²) in [7, 11) is 0. The first-order valence-corrected chi connectivity index (χ1v) is 12.4. The number of aryl methyl sites for hydroxylation is 1. The first-order chi connectivity index (χ1) is 17.0. The molecule has 1 saturated heterocycles. The van der Waals surface area contributed by atoms with Gasteiger partial charge in [-0.2, -0.15) is 0 Å². The molecule has 0 aliphatic carbocycles. The van der Waals surface area contributed by atoms with E-state index < -0.39 is 5.82 Å². The summed E-state index contributed by atoms with van der Waals surface area (Å²) in [5.41, 5.74) is 3.26. The van der Waals surface area contributed by atoms with Crippen molar-refractivity contribution in [3.63, 3.8) is 0 Å². The molecule has 35 heavy (non-hydrogen) atoms. The number of hydrogen-bond donors (Lipinski definition) is 0. The Morgan fingerprint density at radius 3 is 2.57 bits per heavy atom. The average molecular weight is 490 g/mol. The summed E-state index contributed by atoms with van der Waals surface area (Å²) >= 11 is 1.40. The Labute approximate surface area is 206 Å². The van der Waals surface area contributed by atoms with E-state index in [9.17, 15) is 14.0 Å². The topological polar surface area (TPSA) is 64.4 Å². The summed E-state index contributed by atoms with van der Waals surface area (Å²) < 4.78 is 20.8. The van der Waals surface area contributed by atoms with Crippen LogP contribution >= 0.6 is 11.8 Å². The van der Waals surface area contributed by atoms with Gasteiger partial charge in [-0.1, -0.05) is 47.7 Å². The quantitative estimate of drug-likeness (QED) is 0.303. The van der Waals surface area contributed by atoms with E-state index in [1.54, 1.807) is 35.2 Å². The van der Waals surface area contributed by atoms with Crippen molar-refractivity contribution in [2.45, 2.75) is 17.8 Å². The second-order valence-electron chi connectivity index (χ2n) is 8.43. The maximum absolute atomic E-state index is 14.0. The highest BCUT2D eigenvalue weighted by atomic mass is 32.2. The first-order valence-electron chi connectivity index (χ1n) is 11.4. The van der Waals surface area contributed by atoms with E-state index in [0.717, 1.165) is 11.1 Å². The number of carbonyl (C=O) groups excluding carboxylic acids is 1. The third-order valence-corrected chi connectivity index (χ3v) is 6.95. The summed E-state index contributed by atoms with van der Waals surface area (Å²) in [4.78, 5) is 33.1. The van der Waals surface area contributed by atoms with Crippen molar-refractivity contribution in [3.05, 3.63) is 99.6 Å². The molecule has 6 nitrogen and oxygen atoms in total. The van der Waals surface area contributed by atoms with Gasteiger partial charge in [-0.3, -0.25) is 14.2 Å². The minimum Gasteiger partial charge on any atom is -0.378 e. The van der Waals surface area contributed by atoms with Crippen LogP contribution < -0.4 is 5.56 Å². The van der Waals surface area contributed by atoms with E-state index in [1.807, 2.05) is 31.2 Å². The van der Waals surface area contributed by atoms with Gasteiger partial charge in [-0.25, -0.2) is 9.37 Å². The number of amides is 1. The van der Waals surface area contributed by atoms with Gasteiger partial charge in [0.2, 0.25) is 0 Å². The molecule has 0 saturated carbocycles. The molecule has 0 bridgehead atoms. The predicted molar refractivity (Wildman–Crippen MR) is 135 cm³/mol. The Morgan fingerprint density at radius 2 is 1.83 bits per heavy atom. The number of fused-ring (bicyclic) bond motifs is 1. The Bertz CT molecular complexity index is 1450. The van der Waals surface area contributed by atoms with Gasteiger partial charge < -0.3 is 9.64 Å². The Balaban J connectivity index is 1.58. The zero-order valence-electron chi connectivity index (χ0n) is 19.2. The second kappa shape index (κ2) is 10.0. The molecule has 2 heterocycles. The molecule has 1 aromatic heterocycles. The van der Waals surface area contributed by atoms with Crippen molar-refractivity contribution < 1.29 is 13.9 Å². The fourth-order valence-electron chi connectivity index (χ4n) is 4.02. The van der Waals surface area contributed by atoms with E-state index in [1.165, 1.54) is 28.5 Å². The molecule has 1 aliphatic rings. The van der Waals surface area contributed by atoms with Crippen molar-refractivity contribution in [2.75, 3.05) is 26.3 Å². The van der Waals surface area contributed by atoms with Gasteiger partial charge in [0.1, 0.15) is 5.82 Å². The third-order valence-electron chi connectivity index (χ3n) is 5.94. The highest BCUT2D eigenvalue weighted by Crippen LogP contribution is 2.26. The molecule has 4 aromatic rings. The maximum atomic E-state index is 14.0. The Morgan fingerprint density at radius 1 is 1.06 bits per heavy atom. The van der Waals surface area contributed by atoms with Gasteiger partial charge in [0.15, 0.2) is 5.16 Å². The third kappa shape index (κ3) is 4.99. The van der Waals surface area contributed by atoms with Gasteiger partial charge in [-0.15, -0.1) is 0 Å². The number of ether oxygens (including phenoxy) is 1. The molecule has 1 amide bonds.